The summed E-state index contributed by atoms with van der Waals surface area (Å²) < 4.78 is 32.8. The van der Waals surface area contributed by atoms with Crippen molar-refractivity contribution in [2.75, 3.05) is 0 Å². The fourth-order valence-corrected chi connectivity index (χ4v) is 0.478. The van der Waals surface area contributed by atoms with Crippen molar-refractivity contribution in [2.24, 2.45) is 0 Å². The number of rotatable bonds is 0. The summed E-state index contributed by atoms with van der Waals surface area (Å²) in [5, 5.41) is 0. The molecule has 0 spiro atoms. The van der Waals surface area contributed by atoms with Gasteiger partial charge in [-0.1, -0.05) is 18.2 Å². The van der Waals surface area contributed by atoms with E-state index < -0.39 is 10.4 Å². The van der Waals surface area contributed by atoms with Gasteiger partial charge in [0.25, 0.3) is 0 Å². The van der Waals surface area contributed by atoms with Gasteiger partial charge in [0.2, 0.25) is 10.4 Å². The first-order valence-electron chi connectivity index (χ1n) is 2.95. The molecule has 4 N–H and O–H groups in total. The van der Waals surface area contributed by atoms with Crippen LogP contribution in [0.4, 0.5) is 5.69 Å². The maximum absolute atomic E-state index is 8.63. The number of hydrogen-bond donors (Lipinski definition) is 2. The fourth-order valence-electron chi connectivity index (χ4n) is 0.478. The highest BCUT2D eigenvalue weighted by Crippen LogP contribution is 1.93. The summed E-state index contributed by atoms with van der Waals surface area (Å²) in [5.74, 6) is 0. The van der Waals surface area contributed by atoms with Gasteiger partial charge < -0.3 is 10.3 Å². The third kappa shape index (κ3) is 11.8. The summed E-state index contributed by atoms with van der Waals surface area (Å²) in [6.45, 7) is 0. The number of quaternary nitrogens is 1. The summed E-state index contributed by atoms with van der Waals surface area (Å²) in [4.78, 5) is 0. The Morgan fingerprint density at radius 1 is 1.25 bits per heavy atom. The van der Waals surface area contributed by atoms with Crippen LogP contribution >= 0.6 is 0 Å². The van der Waals surface area contributed by atoms with Crippen molar-refractivity contribution < 1.29 is 23.3 Å². The molecule has 0 aliphatic carbocycles. The van der Waals surface area contributed by atoms with Crippen LogP contribution in [0.25, 0.3) is 0 Å². The zero-order valence-corrected chi connectivity index (χ0v) is 6.99. The highest BCUT2D eigenvalue weighted by Gasteiger charge is 1.77. The minimum atomic E-state index is -4.92. The Labute approximate surface area is 70.4 Å². The van der Waals surface area contributed by atoms with E-state index >= 15 is 0 Å². The maximum atomic E-state index is 8.63. The molecule has 1 aromatic rings. The molecule has 6 heteroatoms. The molecule has 0 saturated carbocycles. The molecule has 0 heterocycles. The molecule has 0 amide bonds. The lowest BCUT2D eigenvalue weighted by atomic mass is 10.3. The lowest BCUT2D eigenvalue weighted by Gasteiger charge is -1.88. The van der Waals surface area contributed by atoms with Gasteiger partial charge in [0, 0.05) is 0 Å². The van der Waals surface area contributed by atoms with E-state index in [-0.39, 0.29) is 0 Å². The van der Waals surface area contributed by atoms with E-state index in [1.165, 1.54) is 0 Å². The van der Waals surface area contributed by atoms with Gasteiger partial charge in [-0.15, -0.1) is 0 Å². The highest BCUT2D eigenvalue weighted by molar-refractivity contribution is 7.79. The lowest BCUT2D eigenvalue weighted by Crippen LogP contribution is -2.39. The monoisotopic (exact) mass is 191 g/mol. The predicted octanol–water partition coefficient (Wildman–Crippen LogP) is -0.435. The largest absolute Gasteiger partial charge is 0.726 e. The molecule has 0 bridgehead atoms. The molecule has 0 radical (unpaired) electrons. The van der Waals surface area contributed by atoms with Crippen molar-refractivity contribution in [2.45, 2.75) is 0 Å². The summed E-state index contributed by atoms with van der Waals surface area (Å²) in [6.07, 6.45) is 0. The SMILES string of the molecule is O=S(=O)([O-])O.[NH3+]c1ccccc1. The average molecular weight is 191 g/mol. The fraction of sp³-hybridized carbons (Fsp3) is 0. The van der Waals surface area contributed by atoms with Gasteiger partial charge in [0.1, 0.15) is 5.69 Å². The van der Waals surface area contributed by atoms with Gasteiger partial charge in [-0.05, 0) is 12.1 Å². The van der Waals surface area contributed by atoms with E-state index in [1.807, 2.05) is 30.3 Å². The van der Waals surface area contributed by atoms with E-state index in [4.69, 9.17) is 17.5 Å². The minimum Gasteiger partial charge on any atom is -0.726 e. The molecule has 12 heavy (non-hydrogen) atoms. The Morgan fingerprint density at radius 3 is 1.75 bits per heavy atom. The molecule has 1 rings (SSSR count). The summed E-state index contributed by atoms with van der Waals surface area (Å²) in [7, 11) is -4.92. The van der Waals surface area contributed by atoms with E-state index in [2.05, 4.69) is 5.73 Å². The van der Waals surface area contributed by atoms with Crippen LogP contribution in [0.2, 0.25) is 0 Å². The van der Waals surface area contributed by atoms with Crippen LogP contribution in [0.1, 0.15) is 0 Å². The molecule has 5 nitrogen and oxygen atoms in total. The third-order valence-corrected chi connectivity index (χ3v) is 0.843. The molecular formula is C6H9NO4S. The Balaban J connectivity index is 0.000000217. The van der Waals surface area contributed by atoms with Crippen molar-refractivity contribution in [1.29, 1.82) is 0 Å². The van der Waals surface area contributed by atoms with Crippen LogP contribution < -0.4 is 5.73 Å². The molecule has 68 valence electrons. The average Bonchev–Trinajstić information content (AvgIpc) is 1.85. The highest BCUT2D eigenvalue weighted by atomic mass is 32.3. The summed E-state index contributed by atoms with van der Waals surface area (Å²) in [5.41, 5.74) is 4.79. The first kappa shape index (κ1) is 11.1. The van der Waals surface area contributed by atoms with Crippen molar-refractivity contribution in [1.82, 2.24) is 0 Å². The minimum absolute atomic E-state index is 1.07. The molecular weight excluding hydrogens is 182 g/mol. The Kier molecular flexibility index (Phi) is 4.45. The van der Waals surface area contributed by atoms with Crippen LogP contribution in [-0.2, 0) is 10.4 Å². The van der Waals surface area contributed by atoms with Gasteiger partial charge in [0.05, 0.1) is 0 Å². The zero-order valence-electron chi connectivity index (χ0n) is 6.17. The standard InChI is InChI=1S/C6H7N.H2O4S/c7-6-4-2-1-3-5-6;1-5(2,3)4/h1-5H,7H2;(H2,1,2,3,4). The van der Waals surface area contributed by atoms with Crippen molar-refractivity contribution in [3.05, 3.63) is 30.3 Å². The Morgan fingerprint density at radius 2 is 1.58 bits per heavy atom. The predicted molar refractivity (Wildman–Crippen MR) is 41.3 cm³/mol. The summed E-state index contributed by atoms with van der Waals surface area (Å²) in [6, 6.07) is 9.87. The van der Waals surface area contributed by atoms with Gasteiger partial charge >= 0.3 is 0 Å². The second kappa shape index (κ2) is 4.83. The molecule has 1 aromatic carbocycles. The van der Waals surface area contributed by atoms with E-state index in [0.29, 0.717) is 0 Å². The normalized spacial score (nSPS) is 9.92. The second-order valence-corrected chi connectivity index (χ2v) is 2.77. The maximum Gasteiger partial charge on any atom is 0.215 e. The van der Waals surface area contributed by atoms with Crippen LogP contribution in [0.3, 0.4) is 0 Å². The smallest absolute Gasteiger partial charge is 0.215 e. The van der Waals surface area contributed by atoms with Crippen LogP contribution in [0.5, 0.6) is 0 Å². The molecule has 0 aromatic heterocycles. The van der Waals surface area contributed by atoms with Crippen LogP contribution in [-0.4, -0.2) is 17.5 Å². The zero-order chi connectivity index (χ0) is 9.61. The Hall–Kier alpha value is -0.950. The molecule has 0 atom stereocenters. The van der Waals surface area contributed by atoms with Gasteiger partial charge in [-0.2, -0.15) is 0 Å². The van der Waals surface area contributed by atoms with Crippen molar-refractivity contribution in [3.8, 4) is 0 Å². The topological polar surface area (TPSA) is 105 Å². The van der Waals surface area contributed by atoms with Crippen LogP contribution in [0, 0.1) is 0 Å². The van der Waals surface area contributed by atoms with Crippen molar-refractivity contribution >= 4 is 16.1 Å². The Bertz CT molecular complexity index is 300. The first-order valence-corrected chi connectivity index (χ1v) is 4.31. The molecule has 0 fully saturated rings. The molecule has 0 aliphatic heterocycles. The second-order valence-electron chi connectivity index (χ2n) is 1.91. The van der Waals surface area contributed by atoms with Gasteiger partial charge in [0.15, 0.2) is 0 Å². The number of hydrogen-bond acceptors (Lipinski definition) is 3. The van der Waals surface area contributed by atoms with E-state index in [1.54, 1.807) is 0 Å². The summed E-state index contributed by atoms with van der Waals surface area (Å²) >= 11 is 0. The number of benzene rings is 1. The van der Waals surface area contributed by atoms with Crippen molar-refractivity contribution in [3.63, 3.8) is 0 Å². The van der Waals surface area contributed by atoms with Crippen LogP contribution in [0.15, 0.2) is 30.3 Å². The van der Waals surface area contributed by atoms with E-state index in [0.717, 1.165) is 5.69 Å². The molecule has 0 aliphatic rings. The molecule has 0 unspecified atom stereocenters. The third-order valence-electron chi connectivity index (χ3n) is 0.843. The molecule has 0 saturated heterocycles. The van der Waals surface area contributed by atoms with Gasteiger partial charge in [-0.25, -0.2) is 8.42 Å². The first-order chi connectivity index (χ1) is 5.39. The van der Waals surface area contributed by atoms with E-state index in [9.17, 15) is 0 Å². The van der Waals surface area contributed by atoms with Gasteiger partial charge in [-0.3, -0.25) is 4.55 Å². The lowest BCUT2D eigenvalue weighted by molar-refractivity contribution is -0.254. The quantitative estimate of drug-likeness (QED) is 0.428.